The number of allylic oxidation sites excluding steroid dienone is 4. The molecule has 5 aromatic carbocycles. The lowest BCUT2D eigenvalue weighted by Gasteiger charge is -2.30. The average Bonchev–Trinajstić information content (AvgIpc) is 3.72. The Morgan fingerprint density at radius 3 is 2.43 bits per heavy atom. The monoisotopic (exact) mass is 606 g/mol. The largest absolute Gasteiger partial charge is 0.484 e. The fraction of sp³-hybridized carbons (Fsp3) is 0.114. The van der Waals surface area contributed by atoms with Gasteiger partial charge in [0, 0.05) is 47.5 Å². The van der Waals surface area contributed by atoms with Gasteiger partial charge in [0.05, 0.1) is 11.1 Å². The van der Waals surface area contributed by atoms with E-state index in [0.717, 1.165) is 45.0 Å². The molecule has 5 aromatic rings. The highest BCUT2D eigenvalue weighted by molar-refractivity contribution is 6.15. The van der Waals surface area contributed by atoms with Crippen molar-refractivity contribution in [2.24, 2.45) is 4.99 Å². The Bertz CT molecular complexity index is 2240. The first-order chi connectivity index (χ1) is 23.1. The molecule has 0 bridgehead atoms. The van der Waals surface area contributed by atoms with Gasteiger partial charge in [0.25, 0.3) is 0 Å². The Hall–Kier alpha value is -5.67. The van der Waals surface area contributed by atoms with Crippen LogP contribution < -0.4 is 10.1 Å². The summed E-state index contributed by atoms with van der Waals surface area (Å²) in [6.45, 7) is 10.1. The number of nitrogens with one attached hydrogen (secondary N) is 1. The molecule has 0 aromatic heterocycles. The summed E-state index contributed by atoms with van der Waals surface area (Å²) in [5.74, 6) is 1.19. The van der Waals surface area contributed by atoms with E-state index in [-0.39, 0.29) is 12.0 Å². The molecular weight excluding hydrogens is 572 g/mol. The van der Waals surface area contributed by atoms with Gasteiger partial charge in [0.15, 0.2) is 0 Å². The molecule has 226 valence electrons. The summed E-state index contributed by atoms with van der Waals surface area (Å²) in [5, 5.41) is 3.75. The molecule has 1 aliphatic heterocycles. The van der Waals surface area contributed by atoms with Gasteiger partial charge in [-0.05, 0) is 56.7 Å². The number of aliphatic imine (C=N–C) groups is 1. The predicted molar refractivity (Wildman–Crippen MR) is 194 cm³/mol. The van der Waals surface area contributed by atoms with Crippen LogP contribution in [0, 0.1) is 0 Å². The molecule has 0 saturated heterocycles. The highest BCUT2D eigenvalue weighted by Crippen LogP contribution is 2.65. The van der Waals surface area contributed by atoms with Crippen LogP contribution in [0.15, 0.2) is 157 Å². The zero-order valence-corrected chi connectivity index (χ0v) is 26.3. The molecule has 0 radical (unpaired) electrons. The van der Waals surface area contributed by atoms with Crippen LogP contribution in [0.3, 0.4) is 0 Å². The molecule has 0 fully saturated rings. The van der Waals surface area contributed by atoms with E-state index in [1.54, 1.807) is 0 Å². The van der Waals surface area contributed by atoms with Crippen LogP contribution in [0.2, 0.25) is 0 Å². The fourth-order valence-electron chi connectivity index (χ4n) is 8.35. The Morgan fingerprint density at radius 1 is 0.787 bits per heavy atom. The Kier molecular flexibility index (Phi) is 6.13. The smallest absolute Gasteiger partial charge is 0.132 e. The maximum absolute atomic E-state index is 6.67. The molecule has 3 aliphatic carbocycles. The molecule has 1 heterocycles. The topological polar surface area (TPSA) is 33.6 Å². The van der Waals surface area contributed by atoms with Crippen molar-refractivity contribution in [3.63, 3.8) is 0 Å². The van der Waals surface area contributed by atoms with Gasteiger partial charge < -0.3 is 10.1 Å². The van der Waals surface area contributed by atoms with E-state index >= 15 is 0 Å². The molecule has 0 amide bonds. The van der Waals surface area contributed by atoms with Crippen LogP contribution in [0.4, 0.5) is 5.69 Å². The molecular formula is C44H34N2O. The van der Waals surface area contributed by atoms with Crippen LogP contribution in [0.1, 0.15) is 50.4 Å². The third-order valence-corrected chi connectivity index (χ3v) is 10.5. The highest BCUT2D eigenvalue weighted by atomic mass is 16.5. The van der Waals surface area contributed by atoms with Crippen LogP contribution in [-0.2, 0) is 12.0 Å². The van der Waals surface area contributed by atoms with E-state index < -0.39 is 5.41 Å². The molecule has 3 atom stereocenters. The minimum Gasteiger partial charge on any atom is -0.484 e. The normalized spacial score (nSPS) is 21.3. The van der Waals surface area contributed by atoms with Crippen molar-refractivity contribution in [2.75, 3.05) is 12.4 Å². The molecule has 47 heavy (non-hydrogen) atoms. The molecule has 1 N–H and O–H groups in total. The second-order valence-electron chi connectivity index (χ2n) is 12.8. The van der Waals surface area contributed by atoms with Crippen molar-refractivity contribution in [3.8, 4) is 16.9 Å². The number of benzene rings is 5. The quantitative estimate of drug-likeness (QED) is 0.202. The van der Waals surface area contributed by atoms with Crippen LogP contribution in [-0.4, -0.2) is 18.9 Å². The zero-order chi connectivity index (χ0) is 31.7. The third-order valence-electron chi connectivity index (χ3n) is 10.5. The lowest BCUT2D eigenvalue weighted by molar-refractivity contribution is 0.268. The second-order valence-corrected chi connectivity index (χ2v) is 12.8. The number of nitrogens with zero attached hydrogens (tertiary/aromatic N) is 1. The number of anilines is 1. The number of ether oxygens (including phenoxy) is 1. The van der Waals surface area contributed by atoms with E-state index in [2.05, 4.69) is 144 Å². The summed E-state index contributed by atoms with van der Waals surface area (Å²) in [6.07, 6.45) is 8.63. The van der Waals surface area contributed by atoms with Crippen molar-refractivity contribution in [2.45, 2.75) is 24.0 Å². The average molecular weight is 607 g/mol. The van der Waals surface area contributed by atoms with E-state index in [1.807, 2.05) is 13.1 Å². The van der Waals surface area contributed by atoms with Crippen LogP contribution in [0.5, 0.6) is 5.75 Å². The lowest BCUT2D eigenvalue weighted by atomic mass is 9.70. The van der Waals surface area contributed by atoms with Crippen molar-refractivity contribution in [3.05, 3.63) is 197 Å². The van der Waals surface area contributed by atoms with Crippen molar-refractivity contribution < 1.29 is 4.74 Å². The molecule has 3 unspecified atom stereocenters. The SMILES string of the molecule is C=C1C(=C)C2(c3ccccc3-c3ccc(CNc4ccccc4C(=NC)c4ccccc4)cc32)c2ccc3c(c21)OC1C=CC=CC31. The van der Waals surface area contributed by atoms with Gasteiger partial charge >= 0.3 is 0 Å². The summed E-state index contributed by atoms with van der Waals surface area (Å²) in [5.41, 5.74) is 15.4. The molecule has 1 spiro atoms. The number of hydrogen-bond acceptors (Lipinski definition) is 3. The lowest BCUT2D eigenvalue weighted by Crippen LogP contribution is -2.25. The van der Waals surface area contributed by atoms with E-state index in [1.165, 1.54) is 38.9 Å². The first-order valence-electron chi connectivity index (χ1n) is 16.3. The standard InChI is InChI=1S/C44H34N2O/c1-27-28(2)44(37-24-23-34-33-16-9-12-20-40(33)47-43(34)41(27)37)36-18-10-7-15-31(36)32-22-21-29(25-38(32)44)26-46-39-19-11-8-17-35(39)42(45-3)30-13-5-4-6-14-30/h4-25,33,40,46H,1-2,26H2,3H3. The number of hydrogen-bond donors (Lipinski definition) is 1. The van der Waals surface area contributed by atoms with Gasteiger partial charge in [0.2, 0.25) is 0 Å². The summed E-state index contributed by atoms with van der Waals surface area (Å²) in [4.78, 5) is 4.69. The predicted octanol–water partition coefficient (Wildman–Crippen LogP) is 9.63. The minimum atomic E-state index is -0.528. The van der Waals surface area contributed by atoms with Gasteiger partial charge in [0.1, 0.15) is 11.9 Å². The second kappa shape index (κ2) is 10.4. The van der Waals surface area contributed by atoms with E-state index in [0.29, 0.717) is 6.54 Å². The Morgan fingerprint density at radius 2 is 1.55 bits per heavy atom. The van der Waals surface area contributed by atoms with Crippen molar-refractivity contribution in [1.29, 1.82) is 0 Å². The first kappa shape index (κ1) is 27.6. The Labute approximate surface area is 276 Å². The van der Waals surface area contributed by atoms with Crippen molar-refractivity contribution >= 4 is 17.0 Å². The number of fused-ring (bicyclic) bond motifs is 11. The van der Waals surface area contributed by atoms with E-state index in [4.69, 9.17) is 11.3 Å². The molecule has 9 rings (SSSR count). The van der Waals surface area contributed by atoms with Gasteiger partial charge in [-0.3, -0.25) is 4.99 Å². The zero-order valence-electron chi connectivity index (χ0n) is 26.3. The molecule has 0 saturated carbocycles. The summed E-state index contributed by atoms with van der Waals surface area (Å²) in [6, 6.07) is 39.1. The van der Waals surface area contributed by atoms with E-state index in [9.17, 15) is 0 Å². The van der Waals surface area contributed by atoms with Gasteiger partial charge in [-0.25, -0.2) is 0 Å². The van der Waals surface area contributed by atoms with Gasteiger partial charge in [-0.15, -0.1) is 0 Å². The maximum Gasteiger partial charge on any atom is 0.132 e. The summed E-state index contributed by atoms with van der Waals surface area (Å²) < 4.78 is 6.67. The van der Waals surface area contributed by atoms with Crippen LogP contribution in [0.25, 0.3) is 16.7 Å². The summed E-state index contributed by atoms with van der Waals surface area (Å²) in [7, 11) is 1.86. The molecule has 3 nitrogen and oxygen atoms in total. The summed E-state index contributed by atoms with van der Waals surface area (Å²) >= 11 is 0. The minimum absolute atomic E-state index is 0.0166. The highest BCUT2D eigenvalue weighted by Gasteiger charge is 2.54. The van der Waals surface area contributed by atoms with Crippen LogP contribution >= 0.6 is 0 Å². The molecule has 4 aliphatic rings. The van der Waals surface area contributed by atoms with Crippen molar-refractivity contribution in [1.82, 2.24) is 0 Å². The Balaban J connectivity index is 1.14. The van der Waals surface area contributed by atoms with Gasteiger partial charge in [-0.1, -0.05) is 135 Å². The number of para-hydroxylation sites is 1. The number of rotatable bonds is 5. The first-order valence-corrected chi connectivity index (χ1v) is 16.3. The van der Waals surface area contributed by atoms with Gasteiger partial charge in [-0.2, -0.15) is 0 Å². The molecule has 3 heteroatoms. The fourth-order valence-corrected chi connectivity index (χ4v) is 8.35. The maximum atomic E-state index is 6.67. The third kappa shape index (κ3) is 3.83.